The molecule has 1 aliphatic heterocycles. The molecule has 1 aromatic heterocycles. The number of amides is 1. The predicted octanol–water partition coefficient (Wildman–Crippen LogP) is 3.13. The molecular formula is C16H18ClN3O. The van der Waals surface area contributed by atoms with E-state index in [4.69, 9.17) is 11.6 Å². The zero-order valence-corrected chi connectivity index (χ0v) is 12.7. The van der Waals surface area contributed by atoms with Crippen LogP contribution in [0.3, 0.4) is 0 Å². The molecule has 0 unspecified atom stereocenters. The molecule has 2 heterocycles. The first-order valence-electron chi connectivity index (χ1n) is 7.22. The van der Waals surface area contributed by atoms with E-state index in [0.29, 0.717) is 10.7 Å². The van der Waals surface area contributed by atoms with E-state index in [0.717, 1.165) is 42.4 Å². The zero-order chi connectivity index (χ0) is 14.8. The first-order chi connectivity index (χ1) is 10.2. The van der Waals surface area contributed by atoms with Gasteiger partial charge in [0.15, 0.2) is 0 Å². The third kappa shape index (κ3) is 2.87. The van der Waals surface area contributed by atoms with E-state index in [2.05, 4.69) is 15.6 Å². The van der Waals surface area contributed by atoms with Gasteiger partial charge in [-0.1, -0.05) is 11.6 Å². The Labute approximate surface area is 128 Å². The quantitative estimate of drug-likeness (QED) is 0.896. The molecule has 21 heavy (non-hydrogen) atoms. The van der Waals surface area contributed by atoms with Gasteiger partial charge in [-0.2, -0.15) is 0 Å². The van der Waals surface area contributed by atoms with Crippen molar-refractivity contribution < 1.29 is 4.79 Å². The van der Waals surface area contributed by atoms with Gasteiger partial charge in [0.25, 0.3) is 0 Å². The Kier molecular flexibility index (Phi) is 4.08. The van der Waals surface area contributed by atoms with Gasteiger partial charge in [0, 0.05) is 17.5 Å². The maximum Gasteiger partial charge on any atom is 0.227 e. The monoisotopic (exact) mass is 303 g/mol. The average Bonchev–Trinajstić information content (AvgIpc) is 2.52. The topological polar surface area (TPSA) is 54.0 Å². The standard InChI is InChI=1S/C16H18ClN3O/c1-10-9-13(17)15(12-3-2-6-19-14(10)12)20-16(21)11-4-7-18-8-5-11/h2-3,6,9,11,18H,4-5,7-8H2,1H3,(H,20,21). The largest absolute Gasteiger partial charge is 0.324 e. The van der Waals surface area contributed by atoms with Crippen molar-refractivity contribution in [1.29, 1.82) is 0 Å². The van der Waals surface area contributed by atoms with Gasteiger partial charge >= 0.3 is 0 Å². The average molecular weight is 304 g/mol. The molecule has 110 valence electrons. The fourth-order valence-corrected chi connectivity index (χ4v) is 3.13. The maximum atomic E-state index is 12.4. The molecule has 0 saturated carbocycles. The van der Waals surface area contributed by atoms with Crippen molar-refractivity contribution in [2.24, 2.45) is 5.92 Å². The number of hydrogen-bond acceptors (Lipinski definition) is 3. The van der Waals surface area contributed by atoms with Crippen LogP contribution in [0.5, 0.6) is 0 Å². The fraction of sp³-hybridized carbons (Fsp3) is 0.375. The highest BCUT2D eigenvalue weighted by Crippen LogP contribution is 2.33. The molecule has 0 radical (unpaired) electrons. The minimum absolute atomic E-state index is 0.0485. The zero-order valence-electron chi connectivity index (χ0n) is 11.9. The second-order valence-corrected chi connectivity index (χ2v) is 5.87. The molecule has 0 aliphatic carbocycles. The van der Waals surface area contributed by atoms with E-state index in [-0.39, 0.29) is 11.8 Å². The second kappa shape index (κ2) is 6.00. The molecule has 3 rings (SSSR count). The molecule has 1 aliphatic rings. The van der Waals surface area contributed by atoms with Crippen LogP contribution in [0, 0.1) is 12.8 Å². The number of carbonyl (C=O) groups excluding carboxylic acids is 1. The summed E-state index contributed by atoms with van der Waals surface area (Å²) in [7, 11) is 0. The van der Waals surface area contributed by atoms with Crippen molar-refractivity contribution in [2.75, 3.05) is 18.4 Å². The lowest BCUT2D eigenvalue weighted by molar-refractivity contribution is -0.120. The lowest BCUT2D eigenvalue weighted by Crippen LogP contribution is -2.34. The summed E-state index contributed by atoms with van der Waals surface area (Å²) in [5, 5.41) is 7.74. The lowest BCUT2D eigenvalue weighted by atomic mass is 9.97. The predicted molar refractivity (Wildman–Crippen MR) is 85.7 cm³/mol. The number of halogens is 1. The number of carbonyl (C=O) groups is 1. The number of aryl methyl sites for hydroxylation is 1. The van der Waals surface area contributed by atoms with Crippen molar-refractivity contribution >= 4 is 34.1 Å². The normalized spacial score (nSPS) is 16.1. The Morgan fingerprint density at radius 2 is 2.19 bits per heavy atom. The van der Waals surface area contributed by atoms with Crippen molar-refractivity contribution in [1.82, 2.24) is 10.3 Å². The van der Waals surface area contributed by atoms with Gasteiger partial charge in [0.1, 0.15) is 0 Å². The first kappa shape index (κ1) is 14.3. The van der Waals surface area contributed by atoms with Crippen LogP contribution in [0.15, 0.2) is 24.4 Å². The van der Waals surface area contributed by atoms with Crippen molar-refractivity contribution in [3.8, 4) is 0 Å². The van der Waals surface area contributed by atoms with Crippen LogP contribution in [0.4, 0.5) is 5.69 Å². The summed E-state index contributed by atoms with van der Waals surface area (Å²) < 4.78 is 0. The molecule has 0 spiro atoms. The highest BCUT2D eigenvalue weighted by Gasteiger charge is 2.22. The fourth-order valence-electron chi connectivity index (χ4n) is 2.82. The van der Waals surface area contributed by atoms with E-state index >= 15 is 0 Å². The van der Waals surface area contributed by atoms with Crippen LogP contribution in [-0.4, -0.2) is 24.0 Å². The van der Waals surface area contributed by atoms with Gasteiger partial charge in [-0.25, -0.2) is 0 Å². The van der Waals surface area contributed by atoms with Crippen LogP contribution in [0.2, 0.25) is 5.02 Å². The third-order valence-electron chi connectivity index (χ3n) is 3.99. The van der Waals surface area contributed by atoms with Crippen LogP contribution in [0.1, 0.15) is 18.4 Å². The van der Waals surface area contributed by atoms with Crippen LogP contribution >= 0.6 is 11.6 Å². The second-order valence-electron chi connectivity index (χ2n) is 5.46. The molecule has 2 aromatic rings. The van der Waals surface area contributed by atoms with Crippen molar-refractivity contribution in [2.45, 2.75) is 19.8 Å². The molecule has 4 nitrogen and oxygen atoms in total. The van der Waals surface area contributed by atoms with Crippen molar-refractivity contribution in [3.63, 3.8) is 0 Å². The summed E-state index contributed by atoms with van der Waals surface area (Å²) in [6, 6.07) is 5.66. The number of pyridine rings is 1. The first-order valence-corrected chi connectivity index (χ1v) is 7.60. The van der Waals surface area contributed by atoms with E-state index in [1.54, 1.807) is 6.20 Å². The smallest absolute Gasteiger partial charge is 0.227 e. The highest BCUT2D eigenvalue weighted by molar-refractivity contribution is 6.35. The molecule has 1 amide bonds. The number of nitrogens with zero attached hydrogens (tertiary/aromatic N) is 1. The number of benzene rings is 1. The van der Waals surface area contributed by atoms with E-state index in [9.17, 15) is 4.79 Å². The Hall–Kier alpha value is -1.65. The van der Waals surface area contributed by atoms with Crippen LogP contribution < -0.4 is 10.6 Å². The third-order valence-corrected chi connectivity index (χ3v) is 4.29. The molecule has 1 aromatic carbocycles. The Morgan fingerprint density at radius 3 is 2.95 bits per heavy atom. The van der Waals surface area contributed by atoms with Crippen LogP contribution in [0.25, 0.3) is 10.9 Å². The minimum atomic E-state index is 0.0485. The van der Waals surface area contributed by atoms with Crippen LogP contribution in [-0.2, 0) is 4.79 Å². The Morgan fingerprint density at radius 1 is 1.43 bits per heavy atom. The van der Waals surface area contributed by atoms with E-state index in [1.807, 2.05) is 25.1 Å². The summed E-state index contributed by atoms with van der Waals surface area (Å²) >= 11 is 6.34. The molecule has 5 heteroatoms. The summed E-state index contributed by atoms with van der Waals surface area (Å²) in [4.78, 5) is 16.8. The minimum Gasteiger partial charge on any atom is -0.324 e. The molecule has 0 bridgehead atoms. The molecule has 1 saturated heterocycles. The molecule has 2 N–H and O–H groups in total. The SMILES string of the molecule is Cc1cc(Cl)c(NC(=O)C2CCNCC2)c2cccnc12. The summed E-state index contributed by atoms with van der Waals surface area (Å²) in [6.45, 7) is 3.75. The van der Waals surface area contributed by atoms with Gasteiger partial charge in [0.2, 0.25) is 5.91 Å². The maximum absolute atomic E-state index is 12.4. The van der Waals surface area contributed by atoms with E-state index in [1.165, 1.54) is 0 Å². The van der Waals surface area contributed by atoms with Gasteiger partial charge in [-0.3, -0.25) is 9.78 Å². The number of aromatic nitrogens is 1. The number of anilines is 1. The molecular weight excluding hydrogens is 286 g/mol. The number of piperidine rings is 1. The van der Waals surface area contributed by atoms with Gasteiger partial charge < -0.3 is 10.6 Å². The van der Waals surface area contributed by atoms with Gasteiger partial charge in [-0.15, -0.1) is 0 Å². The Balaban J connectivity index is 1.94. The summed E-state index contributed by atoms with van der Waals surface area (Å²) in [5.74, 6) is 0.0998. The van der Waals surface area contributed by atoms with Gasteiger partial charge in [0.05, 0.1) is 16.2 Å². The Bertz CT molecular complexity index is 681. The summed E-state index contributed by atoms with van der Waals surface area (Å²) in [5.41, 5.74) is 2.56. The highest BCUT2D eigenvalue weighted by atomic mass is 35.5. The summed E-state index contributed by atoms with van der Waals surface area (Å²) in [6.07, 6.45) is 3.48. The number of nitrogens with one attached hydrogen (secondary N) is 2. The van der Waals surface area contributed by atoms with Crippen molar-refractivity contribution in [3.05, 3.63) is 35.0 Å². The molecule has 0 atom stereocenters. The van der Waals surface area contributed by atoms with Gasteiger partial charge in [-0.05, 0) is 56.6 Å². The number of fused-ring (bicyclic) bond motifs is 1. The lowest BCUT2D eigenvalue weighted by Gasteiger charge is -2.22. The number of hydrogen-bond donors (Lipinski definition) is 2. The van der Waals surface area contributed by atoms with E-state index < -0.39 is 0 Å². The number of rotatable bonds is 2. The molecule has 1 fully saturated rings.